The number of benzene rings is 3. The van der Waals surface area contributed by atoms with Gasteiger partial charge in [-0.15, -0.1) is 0 Å². The summed E-state index contributed by atoms with van der Waals surface area (Å²) in [5.74, 6) is 1.37. The number of thiazole rings is 1. The summed E-state index contributed by atoms with van der Waals surface area (Å²) in [5, 5.41) is 0.644. The number of aryl methyl sites for hydroxylation is 1. The molecular weight excluding hydrogens is 408 g/mol. The van der Waals surface area contributed by atoms with Gasteiger partial charge in [-0.3, -0.25) is 9.69 Å². The molecule has 5 nitrogen and oxygen atoms in total. The van der Waals surface area contributed by atoms with Gasteiger partial charge in [0.15, 0.2) is 11.7 Å². The molecule has 0 saturated carbocycles. The molecule has 3 aromatic carbocycles. The first-order chi connectivity index (χ1) is 15.1. The third-order valence-electron chi connectivity index (χ3n) is 4.82. The van der Waals surface area contributed by atoms with E-state index in [2.05, 4.69) is 0 Å². The summed E-state index contributed by atoms with van der Waals surface area (Å²) >= 11 is 1.48. The minimum atomic E-state index is -0.142. The van der Waals surface area contributed by atoms with Crippen molar-refractivity contribution in [2.24, 2.45) is 0 Å². The van der Waals surface area contributed by atoms with Crippen molar-refractivity contribution in [2.45, 2.75) is 20.4 Å². The number of aromatic nitrogens is 1. The van der Waals surface area contributed by atoms with Crippen molar-refractivity contribution in [3.63, 3.8) is 0 Å². The zero-order valence-electron chi connectivity index (χ0n) is 17.6. The van der Waals surface area contributed by atoms with Gasteiger partial charge < -0.3 is 9.47 Å². The second-order valence-corrected chi connectivity index (χ2v) is 8.09. The Hall–Kier alpha value is -3.38. The maximum absolute atomic E-state index is 13.2. The minimum absolute atomic E-state index is 0.0577. The second kappa shape index (κ2) is 9.62. The van der Waals surface area contributed by atoms with Gasteiger partial charge in [-0.2, -0.15) is 0 Å². The lowest BCUT2D eigenvalue weighted by molar-refractivity contribution is -0.120. The van der Waals surface area contributed by atoms with Crippen LogP contribution < -0.4 is 14.4 Å². The average molecular weight is 433 g/mol. The van der Waals surface area contributed by atoms with Gasteiger partial charge in [0.25, 0.3) is 5.91 Å². The SMILES string of the molecule is CCOc1ccc2nc(N(Cc3ccccc3)C(=O)COc3ccccc3C)sc2c1. The number of ether oxygens (including phenoxy) is 2. The molecule has 4 rings (SSSR count). The summed E-state index contributed by atoms with van der Waals surface area (Å²) < 4.78 is 12.4. The molecule has 4 aromatic rings. The standard InChI is InChI=1S/C25H24N2O3S/c1-3-29-20-13-14-21-23(15-20)31-25(26-21)27(16-19-10-5-4-6-11-19)24(28)17-30-22-12-8-7-9-18(22)2/h4-15H,3,16-17H2,1-2H3. The first kappa shape index (κ1) is 20.9. The highest BCUT2D eigenvalue weighted by atomic mass is 32.1. The second-order valence-electron chi connectivity index (χ2n) is 7.08. The number of para-hydroxylation sites is 1. The van der Waals surface area contributed by atoms with Crippen molar-refractivity contribution in [3.05, 3.63) is 83.9 Å². The molecule has 0 unspecified atom stereocenters. The molecule has 0 bridgehead atoms. The van der Waals surface area contributed by atoms with E-state index in [0.29, 0.717) is 24.0 Å². The van der Waals surface area contributed by atoms with Crippen LogP contribution in [0.2, 0.25) is 0 Å². The van der Waals surface area contributed by atoms with Gasteiger partial charge in [-0.05, 0) is 49.2 Å². The monoisotopic (exact) mass is 432 g/mol. The number of carbonyl (C=O) groups excluding carboxylic acids is 1. The van der Waals surface area contributed by atoms with Gasteiger partial charge in [0.2, 0.25) is 0 Å². The quantitative estimate of drug-likeness (QED) is 0.363. The van der Waals surface area contributed by atoms with Gasteiger partial charge in [0.05, 0.1) is 23.4 Å². The maximum Gasteiger partial charge on any atom is 0.267 e. The van der Waals surface area contributed by atoms with E-state index in [-0.39, 0.29) is 12.5 Å². The third kappa shape index (κ3) is 5.03. The fourth-order valence-corrected chi connectivity index (χ4v) is 4.24. The molecular formula is C25H24N2O3S. The van der Waals surface area contributed by atoms with Crippen LogP contribution in [0.1, 0.15) is 18.1 Å². The molecule has 0 fully saturated rings. The topological polar surface area (TPSA) is 51.7 Å². The molecule has 31 heavy (non-hydrogen) atoms. The van der Waals surface area contributed by atoms with Crippen molar-refractivity contribution in [3.8, 4) is 11.5 Å². The highest BCUT2D eigenvalue weighted by Crippen LogP contribution is 2.32. The van der Waals surface area contributed by atoms with Crippen LogP contribution in [0.25, 0.3) is 10.2 Å². The molecule has 0 aliphatic rings. The Morgan fingerprint density at radius 3 is 2.55 bits per heavy atom. The lowest BCUT2D eigenvalue weighted by atomic mass is 10.2. The Morgan fingerprint density at radius 1 is 1.00 bits per heavy atom. The van der Waals surface area contributed by atoms with Crippen LogP contribution in [-0.2, 0) is 11.3 Å². The summed E-state index contributed by atoms with van der Waals surface area (Å²) in [6.45, 7) is 4.89. The molecule has 0 aliphatic heterocycles. The minimum Gasteiger partial charge on any atom is -0.494 e. The van der Waals surface area contributed by atoms with Crippen molar-refractivity contribution in [1.82, 2.24) is 4.98 Å². The summed E-state index contributed by atoms with van der Waals surface area (Å²) in [5.41, 5.74) is 2.86. The number of anilines is 1. The first-order valence-corrected chi connectivity index (χ1v) is 11.0. The van der Waals surface area contributed by atoms with E-state index >= 15 is 0 Å². The van der Waals surface area contributed by atoms with Gasteiger partial charge in [-0.1, -0.05) is 59.9 Å². The summed E-state index contributed by atoms with van der Waals surface area (Å²) in [6.07, 6.45) is 0. The van der Waals surface area contributed by atoms with E-state index in [4.69, 9.17) is 14.5 Å². The molecule has 1 aromatic heterocycles. The van der Waals surface area contributed by atoms with Gasteiger partial charge in [0, 0.05) is 0 Å². The van der Waals surface area contributed by atoms with Crippen molar-refractivity contribution < 1.29 is 14.3 Å². The summed E-state index contributed by atoms with van der Waals surface area (Å²) in [7, 11) is 0. The van der Waals surface area contributed by atoms with E-state index in [1.54, 1.807) is 4.90 Å². The number of amides is 1. The van der Waals surface area contributed by atoms with Gasteiger partial charge in [-0.25, -0.2) is 4.98 Å². The lowest BCUT2D eigenvalue weighted by Gasteiger charge is -2.20. The number of carbonyl (C=O) groups is 1. The zero-order valence-corrected chi connectivity index (χ0v) is 18.4. The van der Waals surface area contributed by atoms with Crippen LogP contribution in [0.5, 0.6) is 11.5 Å². The molecule has 0 radical (unpaired) electrons. The Kier molecular flexibility index (Phi) is 6.48. The molecule has 0 aliphatic carbocycles. The van der Waals surface area contributed by atoms with Gasteiger partial charge >= 0.3 is 0 Å². The van der Waals surface area contributed by atoms with Crippen LogP contribution in [0.3, 0.4) is 0 Å². The average Bonchev–Trinajstić information content (AvgIpc) is 3.21. The Balaban J connectivity index is 1.61. The molecule has 0 N–H and O–H groups in total. The molecule has 0 saturated heterocycles. The first-order valence-electron chi connectivity index (χ1n) is 10.2. The lowest BCUT2D eigenvalue weighted by Crippen LogP contribution is -2.34. The maximum atomic E-state index is 13.2. The van der Waals surface area contributed by atoms with E-state index in [0.717, 1.165) is 27.1 Å². The Bertz CT molecular complexity index is 1170. The number of fused-ring (bicyclic) bond motifs is 1. The summed E-state index contributed by atoms with van der Waals surface area (Å²) in [6, 6.07) is 23.4. The molecule has 6 heteroatoms. The molecule has 1 heterocycles. The molecule has 0 spiro atoms. The number of hydrogen-bond acceptors (Lipinski definition) is 5. The van der Waals surface area contributed by atoms with Crippen LogP contribution in [0.4, 0.5) is 5.13 Å². The predicted molar refractivity (Wildman–Crippen MR) is 125 cm³/mol. The fourth-order valence-electron chi connectivity index (χ4n) is 3.23. The van der Waals surface area contributed by atoms with E-state index < -0.39 is 0 Å². The van der Waals surface area contributed by atoms with E-state index in [1.165, 1.54) is 11.3 Å². The largest absolute Gasteiger partial charge is 0.494 e. The van der Waals surface area contributed by atoms with Crippen molar-refractivity contribution in [2.75, 3.05) is 18.1 Å². The molecule has 158 valence electrons. The summed E-state index contributed by atoms with van der Waals surface area (Å²) in [4.78, 5) is 19.6. The van der Waals surface area contributed by atoms with E-state index in [1.807, 2.05) is 86.6 Å². The van der Waals surface area contributed by atoms with Crippen molar-refractivity contribution in [1.29, 1.82) is 0 Å². The number of rotatable bonds is 8. The predicted octanol–water partition coefficient (Wildman–Crippen LogP) is 5.62. The Labute approximate surface area is 185 Å². The van der Waals surface area contributed by atoms with Crippen molar-refractivity contribution >= 4 is 32.6 Å². The highest BCUT2D eigenvalue weighted by Gasteiger charge is 2.21. The van der Waals surface area contributed by atoms with Crippen LogP contribution in [-0.4, -0.2) is 24.1 Å². The van der Waals surface area contributed by atoms with Crippen LogP contribution in [0.15, 0.2) is 72.8 Å². The van der Waals surface area contributed by atoms with Gasteiger partial charge in [0.1, 0.15) is 11.5 Å². The van der Waals surface area contributed by atoms with Crippen LogP contribution in [0, 0.1) is 6.92 Å². The number of hydrogen-bond donors (Lipinski definition) is 0. The van der Waals surface area contributed by atoms with Crippen LogP contribution >= 0.6 is 11.3 Å². The van der Waals surface area contributed by atoms with E-state index in [9.17, 15) is 4.79 Å². The fraction of sp³-hybridized carbons (Fsp3) is 0.200. The Morgan fingerprint density at radius 2 is 1.77 bits per heavy atom. The number of nitrogens with zero attached hydrogens (tertiary/aromatic N) is 2. The molecule has 1 amide bonds. The normalized spacial score (nSPS) is 10.8. The highest BCUT2D eigenvalue weighted by molar-refractivity contribution is 7.22. The molecule has 0 atom stereocenters. The third-order valence-corrected chi connectivity index (χ3v) is 5.86. The smallest absolute Gasteiger partial charge is 0.267 e. The zero-order chi connectivity index (χ0) is 21.6.